The highest BCUT2D eigenvalue weighted by Crippen LogP contribution is 2.24. The fourth-order valence-electron chi connectivity index (χ4n) is 2.95. The molecule has 0 atom stereocenters. The van der Waals surface area contributed by atoms with Crippen molar-refractivity contribution >= 4 is 6.09 Å². The van der Waals surface area contributed by atoms with Gasteiger partial charge in [0, 0.05) is 38.9 Å². The Hall–Kier alpha value is -1.56. The van der Waals surface area contributed by atoms with Crippen LogP contribution in [0.3, 0.4) is 0 Å². The number of aryl methyl sites for hydroxylation is 1. The standard InChI is InChI=1S/C17H30N4O2/c1-17(2,3)23-16(22)21(5)14-8-6-13(7-9-14)19-11-15-10-18-12-20(15)4/h10,12-14,19H,6-9,11H2,1-5H3. The fourth-order valence-corrected chi connectivity index (χ4v) is 2.95. The van der Waals surface area contributed by atoms with E-state index in [2.05, 4.69) is 10.3 Å². The van der Waals surface area contributed by atoms with Gasteiger partial charge in [-0.15, -0.1) is 0 Å². The number of hydrogen-bond donors (Lipinski definition) is 1. The zero-order valence-corrected chi connectivity index (χ0v) is 15.0. The SMILES string of the molecule is CN(C(=O)OC(C)(C)C)C1CCC(NCc2cncn2C)CC1. The Morgan fingerprint density at radius 1 is 1.39 bits per heavy atom. The van der Waals surface area contributed by atoms with Crippen LogP contribution in [0.2, 0.25) is 0 Å². The van der Waals surface area contributed by atoms with Gasteiger partial charge in [0.15, 0.2) is 0 Å². The van der Waals surface area contributed by atoms with Crippen LogP contribution in [0.1, 0.15) is 52.1 Å². The normalized spacial score (nSPS) is 22.0. The molecule has 0 spiro atoms. The number of carbonyl (C=O) groups excluding carboxylic acids is 1. The van der Waals surface area contributed by atoms with Crippen molar-refractivity contribution in [1.82, 2.24) is 19.8 Å². The first-order valence-corrected chi connectivity index (χ1v) is 8.40. The van der Waals surface area contributed by atoms with Crippen molar-refractivity contribution in [3.05, 3.63) is 18.2 Å². The van der Waals surface area contributed by atoms with E-state index in [0.717, 1.165) is 32.2 Å². The molecule has 0 aromatic carbocycles. The summed E-state index contributed by atoms with van der Waals surface area (Å²) in [5, 5.41) is 3.60. The minimum Gasteiger partial charge on any atom is -0.444 e. The Kier molecular flexibility index (Phi) is 5.68. The highest BCUT2D eigenvalue weighted by Gasteiger charge is 2.29. The smallest absolute Gasteiger partial charge is 0.410 e. The molecule has 1 amide bonds. The Morgan fingerprint density at radius 2 is 2.04 bits per heavy atom. The molecule has 130 valence electrons. The summed E-state index contributed by atoms with van der Waals surface area (Å²) < 4.78 is 7.49. The van der Waals surface area contributed by atoms with Gasteiger partial charge < -0.3 is 19.5 Å². The Morgan fingerprint density at radius 3 is 2.57 bits per heavy atom. The number of nitrogens with one attached hydrogen (secondary N) is 1. The van der Waals surface area contributed by atoms with E-state index < -0.39 is 5.60 Å². The van der Waals surface area contributed by atoms with Gasteiger partial charge in [-0.3, -0.25) is 0 Å². The molecule has 23 heavy (non-hydrogen) atoms. The van der Waals surface area contributed by atoms with Crippen LogP contribution in [0.15, 0.2) is 12.5 Å². The molecule has 1 saturated carbocycles. The lowest BCUT2D eigenvalue weighted by Gasteiger charge is -2.35. The third-order valence-electron chi connectivity index (χ3n) is 4.41. The van der Waals surface area contributed by atoms with Crippen molar-refractivity contribution in [2.24, 2.45) is 7.05 Å². The van der Waals surface area contributed by atoms with E-state index in [1.54, 1.807) is 4.90 Å². The van der Waals surface area contributed by atoms with E-state index in [9.17, 15) is 4.79 Å². The van der Waals surface area contributed by atoms with Gasteiger partial charge in [-0.2, -0.15) is 0 Å². The van der Waals surface area contributed by atoms with Gasteiger partial charge in [0.05, 0.1) is 12.0 Å². The molecule has 1 heterocycles. The van der Waals surface area contributed by atoms with Gasteiger partial charge in [0.2, 0.25) is 0 Å². The van der Waals surface area contributed by atoms with Crippen LogP contribution in [-0.4, -0.2) is 45.3 Å². The maximum absolute atomic E-state index is 12.1. The van der Waals surface area contributed by atoms with E-state index in [1.165, 1.54) is 5.69 Å². The highest BCUT2D eigenvalue weighted by atomic mass is 16.6. The highest BCUT2D eigenvalue weighted by molar-refractivity contribution is 5.68. The molecule has 1 aliphatic carbocycles. The van der Waals surface area contributed by atoms with Gasteiger partial charge in [-0.05, 0) is 46.5 Å². The number of hydrogen-bond acceptors (Lipinski definition) is 4. The van der Waals surface area contributed by atoms with Gasteiger partial charge in [-0.25, -0.2) is 9.78 Å². The number of amides is 1. The van der Waals surface area contributed by atoms with Crippen molar-refractivity contribution in [2.75, 3.05) is 7.05 Å². The number of aromatic nitrogens is 2. The van der Waals surface area contributed by atoms with Gasteiger partial charge in [0.25, 0.3) is 0 Å². The van der Waals surface area contributed by atoms with Crippen molar-refractivity contribution in [3.63, 3.8) is 0 Å². The summed E-state index contributed by atoms with van der Waals surface area (Å²) >= 11 is 0. The average Bonchev–Trinajstić information content (AvgIpc) is 2.88. The van der Waals surface area contributed by atoms with E-state index in [1.807, 2.05) is 52.0 Å². The zero-order chi connectivity index (χ0) is 17.0. The van der Waals surface area contributed by atoms with E-state index >= 15 is 0 Å². The molecule has 6 nitrogen and oxygen atoms in total. The first kappa shape index (κ1) is 17.8. The third kappa shape index (κ3) is 5.23. The number of ether oxygens (including phenoxy) is 1. The van der Waals surface area contributed by atoms with E-state index in [0.29, 0.717) is 6.04 Å². The van der Waals surface area contributed by atoms with E-state index in [4.69, 9.17) is 4.74 Å². The summed E-state index contributed by atoms with van der Waals surface area (Å²) in [6.45, 7) is 6.54. The molecule has 1 aromatic rings. The number of carbonyl (C=O) groups is 1. The van der Waals surface area contributed by atoms with Gasteiger partial charge >= 0.3 is 6.09 Å². The second kappa shape index (κ2) is 7.34. The third-order valence-corrected chi connectivity index (χ3v) is 4.41. The minimum atomic E-state index is -0.437. The lowest BCUT2D eigenvalue weighted by Crippen LogP contribution is -2.45. The molecule has 0 bridgehead atoms. The summed E-state index contributed by atoms with van der Waals surface area (Å²) in [7, 11) is 3.86. The monoisotopic (exact) mass is 322 g/mol. The van der Waals surface area contributed by atoms with Crippen LogP contribution in [0, 0.1) is 0 Å². The van der Waals surface area contributed by atoms with Crippen molar-refractivity contribution in [1.29, 1.82) is 0 Å². The lowest BCUT2D eigenvalue weighted by atomic mass is 9.90. The molecular weight excluding hydrogens is 292 g/mol. The van der Waals surface area contributed by atoms with Gasteiger partial charge in [-0.1, -0.05) is 0 Å². The van der Waals surface area contributed by atoms with Crippen molar-refractivity contribution in [3.8, 4) is 0 Å². The molecule has 1 aromatic heterocycles. The predicted octanol–water partition coefficient (Wildman–Crippen LogP) is 2.69. The largest absolute Gasteiger partial charge is 0.444 e. The van der Waals surface area contributed by atoms with Crippen LogP contribution in [-0.2, 0) is 18.3 Å². The zero-order valence-electron chi connectivity index (χ0n) is 15.0. The summed E-state index contributed by atoms with van der Waals surface area (Å²) in [4.78, 5) is 18.0. The molecule has 0 aliphatic heterocycles. The summed E-state index contributed by atoms with van der Waals surface area (Å²) in [5.41, 5.74) is 0.755. The Bertz CT molecular complexity index is 513. The van der Waals surface area contributed by atoms with Crippen LogP contribution < -0.4 is 5.32 Å². The summed E-state index contributed by atoms with van der Waals surface area (Å²) in [6.07, 6.45) is 7.69. The van der Waals surface area contributed by atoms with Gasteiger partial charge in [0.1, 0.15) is 5.60 Å². The number of nitrogens with zero attached hydrogens (tertiary/aromatic N) is 3. The molecule has 0 radical (unpaired) electrons. The number of imidazole rings is 1. The molecule has 2 rings (SSSR count). The Balaban J connectivity index is 1.75. The molecule has 1 fully saturated rings. The van der Waals surface area contributed by atoms with Crippen LogP contribution in [0.25, 0.3) is 0 Å². The quantitative estimate of drug-likeness (QED) is 0.926. The maximum Gasteiger partial charge on any atom is 0.410 e. The van der Waals surface area contributed by atoms with Crippen LogP contribution >= 0.6 is 0 Å². The molecule has 6 heteroatoms. The first-order chi connectivity index (χ1) is 10.8. The van der Waals surface area contributed by atoms with E-state index in [-0.39, 0.29) is 12.1 Å². The minimum absolute atomic E-state index is 0.219. The Labute approximate surface area is 139 Å². The fraction of sp³-hybridized carbons (Fsp3) is 0.765. The summed E-state index contributed by atoms with van der Waals surface area (Å²) in [5.74, 6) is 0. The average molecular weight is 322 g/mol. The first-order valence-electron chi connectivity index (χ1n) is 8.40. The van der Waals surface area contributed by atoms with Crippen molar-refractivity contribution in [2.45, 2.75) is 70.7 Å². The lowest BCUT2D eigenvalue weighted by molar-refractivity contribution is 0.0179. The second-order valence-corrected chi connectivity index (χ2v) is 7.47. The molecule has 0 saturated heterocycles. The number of rotatable bonds is 4. The second-order valence-electron chi connectivity index (χ2n) is 7.47. The molecule has 0 unspecified atom stereocenters. The molecule has 1 N–H and O–H groups in total. The van der Waals surface area contributed by atoms with Crippen LogP contribution in [0.4, 0.5) is 4.79 Å². The maximum atomic E-state index is 12.1. The van der Waals surface area contributed by atoms with Crippen molar-refractivity contribution < 1.29 is 9.53 Å². The summed E-state index contributed by atoms with van der Waals surface area (Å²) in [6, 6.07) is 0.785. The van der Waals surface area contributed by atoms with Crippen LogP contribution in [0.5, 0.6) is 0 Å². The predicted molar refractivity (Wildman–Crippen MR) is 90.1 cm³/mol. The topological polar surface area (TPSA) is 59.4 Å². The molecular formula is C17H30N4O2. The molecule has 1 aliphatic rings.